The maximum Gasteiger partial charge on any atom is 0.491 e. The molecule has 0 aliphatic rings. The second-order valence-corrected chi connectivity index (χ2v) is 40.6. The second-order valence-electron chi connectivity index (χ2n) is 26.8. The van der Waals surface area contributed by atoms with Gasteiger partial charge in [0.15, 0.2) is 5.69 Å². The first-order chi connectivity index (χ1) is 41.5. The van der Waals surface area contributed by atoms with Crippen LogP contribution in [0, 0.1) is 40.5 Å². The van der Waals surface area contributed by atoms with E-state index in [1.54, 1.807) is 68.5 Å². The van der Waals surface area contributed by atoms with Gasteiger partial charge in [-0.3, -0.25) is 19.4 Å². The Morgan fingerprint density at radius 3 is 1.37 bits per heavy atom. The van der Waals surface area contributed by atoms with Crippen molar-refractivity contribution in [1.29, 1.82) is 0 Å². The zero-order valence-corrected chi connectivity index (χ0v) is 64.5. The van der Waals surface area contributed by atoms with E-state index in [2.05, 4.69) is 239 Å². The Bertz CT molecular complexity index is 3620. The van der Waals surface area contributed by atoms with E-state index in [1.807, 2.05) is 12.3 Å². The number of nitrogens with one attached hydrogen (secondary N) is 4. The van der Waals surface area contributed by atoms with Crippen LogP contribution in [0.5, 0.6) is 0 Å². The first-order valence-corrected chi connectivity index (χ1v) is 37.7. The Balaban J connectivity index is 0.000000327. The van der Waals surface area contributed by atoms with Crippen molar-refractivity contribution in [2.45, 2.75) is 209 Å². The third-order valence-corrected chi connectivity index (χ3v) is 31.7. The largest absolute Gasteiger partial charge is 0.491 e. The third kappa shape index (κ3) is 19.2. The molecule has 0 fully saturated rings. The van der Waals surface area contributed by atoms with Gasteiger partial charge in [0, 0.05) is 86.1 Å². The highest BCUT2D eigenvalue weighted by atomic mass is 127. The summed E-state index contributed by atoms with van der Waals surface area (Å²) in [5.41, 5.74) is 15.7. The number of hydrogen-bond acceptors (Lipinski definition) is 10. The number of amides is 4. The minimum Gasteiger partial charge on any atom is -0.444 e. The SMILES string of the molecule is CC(C(=O)Nc1ccc(B(O)O)c(C#C[Si](C(C)C)(C(C)C)C(C)C)n1)N(C)C(=O)OC(C)(C)C.Cc1cc[n+]2c(-c3ccc(NC(=O)C(C)N(C)C(=O)OC(C)(C)C)nc3C#C[Si](C(C)C)(C(C)C)C(C)C)c(Br)[nH]c2c1.Cc1cc[n+]2c(I)c(Br)[nH]c2c1. The van der Waals surface area contributed by atoms with Gasteiger partial charge in [-0.05, 0) is 144 Å². The first kappa shape index (κ1) is 76.8. The van der Waals surface area contributed by atoms with Crippen molar-refractivity contribution < 1.29 is 47.5 Å². The van der Waals surface area contributed by atoms with E-state index in [1.165, 1.54) is 38.2 Å². The summed E-state index contributed by atoms with van der Waals surface area (Å²) >= 11 is 9.47. The average molecular weight is 1510 g/mol. The Morgan fingerprint density at radius 1 is 0.600 bits per heavy atom. The number of rotatable bonds is 14. The van der Waals surface area contributed by atoms with Gasteiger partial charge in [-0.25, -0.2) is 29.5 Å². The van der Waals surface area contributed by atoms with Crippen molar-refractivity contribution in [2.75, 3.05) is 24.7 Å². The number of pyridine rings is 4. The smallest absolute Gasteiger partial charge is 0.444 e. The van der Waals surface area contributed by atoms with Crippen LogP contribution in [0.25, 0.3) is 22.6 Å². The number of nitrogens with zero attached hydrogens (tertiary/aromatic N) is 6. The molecule has 18 nitrogen and oxygen atoms in total. The number of H-pyrrole nitrogens is 2. The van der Waals surface area contributed by atoms with Crippen molar-refractivity contribution in [3.05, 3.63) is 96.3 Å². The van der Waals surface area contributed by atoms with Crippen LogP contribution in [0.3, 0.4) is 0 Å². The number of hydrogen-bond donors (Lipinski definition) is 6. The number of aromatic nitrogens is 6. The van der Waals surface area contributed by atoms with Gasteiger partial charge in [0.2, 0.25) is 24.7 Å². The van der Waals surface area contributed by atoms with Crippen molar-refractivity contribution in [3.8, 4) is 34.2 Å². The molecule has 2 atom stereocenters. The maximum absolute atomic E-state index is 13.2. The van der Waals surface area contributed by atoms with Gasteiger partial charge in [-0.2, -0.15) is 8.80 Å². The lowest BCUT2D eigenvalue weighted by Crippen LogP contribution is -2.45. The van der Waals surface area contributed by atoms with Crippen LogP contribution in [-0.2, 0) is 19.1 Å². The van der Waals surface area contributed by atoms with Crippen molar-refractivity contribution in [3.63, 3.8) is 0 Å². The first-order valence-electron chi connectivity index (χ1n) is 30.5. The molecule has 2 unspecified atom stereocenters. The van der Waals surface area contributed by atoms with Crippen LogP contribution in [0.15, 0.2) is 70.1 Å². The predicted octanol–water partition coefficient (Wildman–Crippen LogP) is 13.6. The number of aryl methyl sites for hydroxylation is 2. The quantitative estimate of drug-likeness (QED) is 0.0262. The van der Waals surface area contributed by atoms with Gasteiger partial charge in [0.25, 0.3) is 11.3 Å². The van der Waals surface area contributed by atoms with Gasteiger partial charge in [-0.1, -0.05) is 101 Å². The molecule has 0 aromatic carbocycles. The van der Waals surface area contributed by atoms with Crippen molar-refractivity contribution >= 4 is 130 Å². The molecule has 6 aromatic heterocycles. The summed E-state index contributed by atoms with van der Waals surface area (Å²) < 4.78 is 18.0. The molecular weight excluding hydrogens is 1410 g/mol. The molecule has 4 amide bonds. The highest BCUT2D eigenvalue weighted by Crippen LogP contribution is 2.42. The number of carbonyl (C=O) groups is 4. The van der Waals surface area contributed by atoms with E-state index in [9.17, 15) is 29.2 Å². The van der Waals surface area contributed by atoms with Crippen molar-refractivity contribution in [1.82, 2.24) is 29.7 Å². The number of imidazole rings is 2. The fourth-order valence-corrected chi connectivity index (χ4v) is 23.2. The monoisotopic (exact) mass is 1510 g/mol. The molecule has 488 valence electrons. The highest BCUT2D eigenvalue weighted by Gasteiger charge is 2.43. The third-order valence-electron chi connectivity index (χ3n) is 16.2. The Labute approximate surface area is 567 Å². The molecule has 6 rings (SSSR count). The lowest BCUT2D eigenvalue weighted by molar-refractivity contribution is -0.524. The summed E-state index contributed by atoms with van der Waals surface area (Å²) in [6.45, 7) is 44.8. The molecule has 6 heterocycles. The molecule has 6 N–H and O–H groups in total. The molecule has 0 aliphatic heterocycles. The predicted molar refractivity (Wildman–Crippen MR) is 383 cm³/mol. The summed E-state index contributed by atoms with van der Waals surface area (Å²) in [6.07, 6.45) is 2.90. The lowest BCUT2D eigenvalue weighted by Gasteiger charge is -2.38. The van der Waals surface area contributed by atoms with E-state index in [4.69, 9.17) is 14.5 Å². The molecule has 0 saturated carbocycles. The Kier molecular flexibility index (Phi) is 27.2. The number of halogens is 3. The Morgan fingerprint density at radius 2 is 0.967 bits per heavy atom. The van der Waals surface area contributed by atoms with Crippen molar-refractivity contribution in [2.24, 2.45) is 0 Å². The van der Waals surface area contributed by atoms with Gasteiger partial charge < -0.3 is 30.2 Å². The Hall–Kier alpha value is -5.61. The van der Waals surface area contributed by atoms with Crippen LogP contribution in [0.4, 0.5) is 21.2 Å². The van der Waals surface area contributed by atoms with Crippen LogP contribution >= 0.6 is 54.5 Å². The second kappa shape index (κ2) is 31.8. The standard InChI is InChI=1S/C33H46BrN5O3Si.C25H42BN3O5Si.C8H6BrIN2/c1-20(2)43(21(3)4,22(5)6)18-16-26-25(29-30(34)37-28-19-23(7)15-17-39(28)29)13-14-27(35-26)36-31(40)24(8)38(12)32(41)42-33(9,10)11;1-16(2)35(17(3)4,18(5)6)15-14-21-20(26(32)33)12-13-22(27-21)28-23(30)19(7)29(11)24(31)34-25(8,9)10;1-5-2-3-12-6(4-5)11-7(9)8(12)10/h13-15,17,19-22,24H,1-12H3,(H,35,36,40);12-13,16-19,32-33H,1-11H3,(H,27,28,30);2-4H,1H3/p+2. The molecule has 24 heteroatoms. The molecule has 0 radical (unpaired) electrons. The number of carbonyl (C=O) groups excluding carboxylic acids is 4. The van der Waals surface area contributed by atoms with E-state index in [0.29, 0.717) is 44.8 Å². The molecule has 0 bridgehead atoms. The number of aromatic amines is 2. The summed E-state index contributed by atoms with van der Waals surface area (Å²) in [5.74, 6) is 6.39. The van der Waals surface area contributed by atoms with Crippen LogP contribution < -0.4 is 24.9 Å². The fourth-order valence-electron chi connectivity index (χ4n) is 11.2. The van der Waals surface area contributed by atoms with E-state index in [-0.39, 0.29) is 22.9 Å². The van der Waals surface area contributed by atoms with E-state index < -0.39 is 64.6 Å². The van der Waals surface area contributed by atoms with Crippen LogP contribution in [0.2, 0.25) is 33.2 Å². The molecular formula is C66H96BBr2IN10O8Si2+2. The highest BCUT2D eigenvalue weighted by molar-refractivity contribution is 14.1. The summed E-state index contributed by atoms with van der Waals surface area (Å²) in [7, 11) is -2.88. The molecule has 90 heavy (non-hydrogen) atoms. The van der Waals surface area contributed by atoms with Gasteiger partial charge >= 0.3 is 19.3 Å². The van der Waals surface area contributed by atoms with Gasteiger partial charge in [0.05, 0.1) is 18.0 Å². The van der Waals surface area contributed by atoms with E-state index in [0.717, 1.165) is 37.3 Å². The average Bonchev–Trinajstić information content (AvgIpc) is 1.52. The summed E-state index contributed by atoms with van der Waals surface area (Å²) in [6, 6.07) is 13.4. The topological polar surface area (TPSA) is 223 Å². The number of likely N-dealkylation sites (N-methyl/N-ethyl adjacent to an activating group) is 2. The zero-order valence-electron chi connectivity index (χ0n) is 57.1. The minimum absolute atomic E-state index is 0.175. The van der Waals surface area contributed by atoms with Crippen LogP contribution in [0.1, 0.15) is 161 Å². The van der Waals surface area contributed by atoms with E-state index >= 15 is 0 Å². The zero-order chi connectivity index (χ0) is 68.5. The number of fused-ring (bicyclic) bond motifs is 2. The fraction of sp³-hybridized carbons (Fsp3) is 0.515. The number of ether oxygens (including phenoxy) is 2. The van der Waals surface area contributed by atoms with Gasteiger partial charge in [0.1, 0.15) is 62.5 Å². The molecule has 0 saturated heterocycles. The van der Waals surface area contributed by atoms with Crippen LogP contribution in [-0.4, -0.2) is 124 Å². The van der Waals surface area contributed by atoms with Gasteiger partial charge in [-0.15, -0.1) is 11.1 Å². The molecule has 0 aliphatic carbocycles. The molecule has 0 spiro atoms. The summed E-state index contributed by atoms with van der Waals surface area (Å²) in [4.78, 5) is 69.4. The normalized spacial score (nSPS) is 12.6. The lowest BCUT2D eigenvalue weighted by atomic mass is 9.79. The minimum atomic E-state index is -2.09. The number of anilines is 2. The summed E-state index contributed by atoms with van der Waals surface area (Å²) in [5, 5.41) is 25.3. The maximum atomic E-state index is 13.2. The molecule has 6 aromatic rings.